The molecule has 6 nitrogen and oxygen atoms in total. The highest BCUT2D eigenvalue weighted by molar-refractivity contribution is 6.32. The van der Waals surface area contributed by atoms with Gasteiger partial charge < -0.3 is 10.2 Å². The number of nitrogens with one attached hydrogen (secondary N) is 1. The van der Waals surface area contributed by atoms with Gasteiger partial charge in [-0.05, 0) is 38.0 Å². The second kappa shape index (κ2) is 6.65. The molecule has 7 heteroatoms. The van der Waals surface area contributed by atoms with Crippen molar-refractivity contribution in [2.45, 2.75) is 25.8 Å². The van der Waals surface area contributed by atoms with Crippen LogP contribution in [0.4, 0.5) is 0 Å². The van der Waals surface area contributed by atoms with Crippen molar-refractivity contribution in [3.63, 3.8) is 0 Å². The summed E-state index contributed by atoms with van der Waals surface area (Å²) in [6.07, 6.45) is 1.49. The summed E-state index contributed by atoms with van der Waals surface area (Å²) in [7, 11) is 1.58. The third-order valence-electron chi connectivity index (χ3n) is 4.25. The summed E-state index contributed by atoms with van der Waals surface area (Å²) >= 11 is 6.22. The molecule has 0 bridgehead atoms. The zero-order chi connectivity index (χ0) is 17.3. The van der Waals surface area contributed by atoms with Crippen molar-refractivity contribution in [2.24, 2.45) is 0 Å². The molecule has 0 saturated carbocycles. The molecule has 1 atom stereocenters. The minimum Gasteiger partial charge on any atom is -0.357 e. The van der Waals surface area contributed by atoms with Crippen molar-refractivity contribution < 1.29 is 9.59 Å². The van der Waals surface area contributed by atoms with Crippen LogP contribution in [-0.2, 0) is 4.79 Å². The second-order valence-electron chi connectivity index (χ2n) is 5.80. The number of hydrogen-bond acceptors (Lipinski definition) is 3. The van der Waals surface area contributed by atoms with Gasteiger partial charge in [0.05, 0.1) is 10.7 Å². The zero-order valence-electron chi connectivity index (χ0n) is 13.6. The second-order valence-corrected chi connectivity index (χ2v) is 6.21. The molecule has 0 spiro atoms. The molecule has 1 fully saturated rings. The third kappa shape index (κ3) is 2.89. The van der Waals surface area contributed by atoms with E-state index in [1.165, 1.54) is 0 Å². The predicted octanol–water partition coefficient (Wildman–Crippen LogP) is 2.18. The van der Waals surface area contributed by atoms with Crippen LogP contribution in [0.2, 0.25) is 5.02 Å². The summed E-state index contributed by atoms with van der Waals surface area (Å²) in [5.74, 6) is -0.363. The van der Waals surface area contributed by atoms with Crippen LogP contribution in [-0.4, -0.2) is 46.1 Å². The maximum atomic E-state index is 12.8. The summed E-state index contributed by atoms with van der Waals surface area (Å²) in [4.78, 5) is 26.3. The van der Waals surface area contributed by atoms with Crippen molar-refractivity contribution in [1.82, 2.24) is 20.0 Å². The molecule has 1 aromatic heterocycles. The molecule has 2 heterocycles. The van der Waals surface area contributed by atoms with Gasteiger partial charge in [0.1, 0.15) is 6.04 Å². The van der Waals surface area contributed by atoms with E-state index in [9.17, 15) is 9.59 Å². The van der Waals surface area contributed by atoms with E-state index in [0.717, 1.165) is 17.8 Å². The number of halogens is 1. The van der Waals surface area contributed by atoms with E-state index in [1.54, 1.807) is 28.8 Å². The van der Waals surface area contributed by atoms with Gasteiger partial charge in [-0.3, -0.25) is 9.59 Å². The standard InChI is InChI=1S/C17H19ClN4O2/c1-11-10-13(20-22(11)14-7-4-3-6-12(14)18)17(24)21-9-5-8-15(21)16(23)19-2/h3-4,6-7,10,15H,5,8-9H2,1-2H3,(H,19,23). The molecule has 1 aliphatic rings. The lowest BCUT2D eigenvalue weighted by Gasteiger charge is -2.22. The van der Waals surface area contributed by atoms with Crippen molar-refractivity contribution in [3.8, 4) is 5.69 Å². The summed E-state index contributed by atoms with van der Waals surface area (Å²) in [5, 5.41) is 7.59. The first kappa shape index (κ1) is 16.5. The predicted molar refractivity (Wildman–Crippen MR) is 91.4 cm³/mol. The zero-order valence-corrected chi connectivity index (χ0v) is 14.4. The molecule has 24 heavy (non-hydrogen) atoms. The van der Waals surface area contributed by atoms with E-state index >= 15 is 0 Å². The van der Waals surface area contributed by atoms with Crippen LogP contribution in [0.1, 0.15) is 29.0 Å². The van der Waals surface area contributed by atoms with Gasteiger partial charge in [0, 0.05) is 19.3 Å². The number of likely N-dealkylation sites (N-methyl/N-ethyl adjacent to an activating group) is 1. The Labute approximate surface area is 145 Å². The minimum absolute atomic E-state index is 0.136. The first-order valence-corrected chi connectivity index (χ1v) is 8.25. The Kier molecular flexibility index (Phi) is 4.57. The smallest absolute Gasteiger partial charge is 0.275 e. The first-order chi connectivity index (χ1) is 11.5. The van der Waals surface area contributed by atoms with Gasteiger partial charge in [-0.1, -0.05) is 23.7 Å². The Morgan fingerprint density at radius 1 is 1.33 bits per heavy atom. The number of benzene rings is 1. The summed E-state index contributed by atoms with van der Waals surface area (Å²) in [6, 6.07) is 8.64. The molecule has 2 amide bonds. The highest BCUT2D eigenvalue weighted by atomic mass is 35.5. The molecular formula is C17H19ClN4O2. The Hall–Kier alpha value is -2.34. The number of rotatable bonds is 3. The summed E-state index contributed by atoms with van der Waals surface area (Å²) < 4.78 is 1.65. The maximum Gasteiger partial charge on any atom is 0.275 e. The number of amides is 2. The van der Waals surface area contributed by atoms with Crippen molar-refractivity contribution >= 4 is 23.4 Å². The highest BCUT2D eigenvalue weighted by Crippen LogP contribution is 2.23. The molecule has 126 valence electrons. The Bertz CT molecular complexity index is 787. The van der Waals surface area contributed by atoms with Crippen LogP contribution in [0, 0.1) is 6.92 Å². The molecule has 1 aliphatic heterocycles. The van der Waals surface area contributed by atoms with Gasteiger partial charge in [-0.2, -0.15) is 5.10 Å². The van der Waals surface area contributed by atoms with Crippen molar-refractivity contribution in [3.05, 3.63) is 46.7 Å². The summed E-state index contributed by atoms with van der Waals surface area (Å²) in [6.45, 7) is 2.43. The largest absolute Gasteiger partial charge is 0.357 e. The van der Waals surface area contributed by atoms with E-state index < -0.39 is 6.04 Å². The van der Waals surface area contributed by atoms with Crippen LogP contribution in [0.25, 0.3) is 5.69 Å². The SMILES string of the molecule is CNC(=O)C1CCCN1C(=O)c1cc(C)n(-c2ccccc2Cl)n1. The quantitative estimate of drug-likeness (QED) is 0.926. The number of carbonyl (C=O) groups excluding carboxylic acids is 2. The normalized spacial score (nSPS) is 17.1. The van der Waals surface area contributed by atoms with E-state index in [4.69, 9.17) is 11.6 Å². The number of nitrogens with zero attached hydrogens (tertiary/aromatic N) is 3. The number of aryl methyl sites for hydroxylation is 1. The van der Waals surface area contributed by atoms with E-state index in [-0.39, 0.29) is 11.8 Å². The Morgan fingerprint density at radius 2 is 2.08 bits per heavy atom. The fourth-order valence-electron chi connectivity index (χ4n) is 3.04. The lowest BCUT2D eigenvalue weighted by molar-refractivity contribution is -0.124. The molecule has 1 N–H and O–H groups in total. The van der Waals surface area contributed by atoms with Gasteiger partial charge in [0.25, 0.3) is 5.91 Å². The Morgan fingerprint density at radius 3 is 2.79 bits per heavy atom. The number of carbonyl (C=O) groups is 2. The number of para-hydroxylation sites is 1. The number of hydrogen-bond donors (Lipinski definition) is 1. The van der Waals surface area contributed by atoms with Crippen molar-refractivity contribution in [1.29, 1.82) is 0 Å². The monoisotopic (exact) mass is 346 g/mol. The summed E-state index contributed by atoms with van der Waals surface area (Å²) in [5.41, 5.74) is 1.85. The van der Waals surface area contributed by atoms with Gasteiger partial charge in [0.15, 0.2) is 5.69 Å². The van der Waals surface area contributed by atoms with Crippen LogP contribution in [0.3, 0.4) is 0 Å². The average Bonchev–Trinajstić information content (AvgIpc) is 3.21. The molecule has 2 aromatic rings. The Balaban J connectivity index is 1.91. The number of likely N-dealkylation sites (tertiary alicyclic amines) is 1. The lowest BCUT2D eigenvalue weighted by Crippen LogP contribution is -2.45. The van der Waals surface area contributed by atoms with Crippen LogP contribution in [0.15, 0.2) is 30.3 Å². The number of aromatic nitrogens is 2. The van der Waals surface area contributed by atoms with Crippen molar-refractivity contribution in [2.75, 3.05) is 13.6 Å². The topological polar surface area (TPSA) is 67.2 Å². The highest BCUT2D eigenvalue weighted by Gasteiger charge is 2.35. The fourth-order valence-corrected chi connectivity index (χ4v) is 3.26. The minimum atomic E-state index is -0.423. The van der Waals surface area contributed by atoms with Gasteiger partial charge in [-0.15, -0.1) is 0 Å². The van der Waals surface area contributed by atoms with Crippen LogP contribution in [0.5, 0.6) is 0 Å². The molecule has 3 rings (SSSR count). The first-order valence-electron chi connectivity index (χ1n) is 7.87. The lowest BCUT2D eigenvalue weighted by atomic mass is 10.2. The van der Waals surface area contributed by atoms with E-state index in [2.05, 4.69) is 10.4 Å². The van der Waals surface area contributed by atoms with Crippen LogP contribution >= 0.6 is 11.6 Å². The molecule has 0 radical (unpaired) electrons. The van der Waals surface area contributed by atoms with Crippen LogP contribution < -0.4 is 5.32 Å². The van der Waals surface area contributed by atoms with E-state index in [1.807, 2.05) is 25.1 Å². The maximum absolute atomic E-state index is 12.8. The molecule has 0 aliphatic carbocycles. The molecular weight excluding hydrogens is 328 g/mol. The average molecular weight is 347 g/mol. The molecule has 1 saturated heterocycles. The third-order valence-corrected chi connectivity index (χ3v) is 4.57. The van der Waals surface area contributed by atoms with Gasteiger partial charge in [-0.25, -0.2) is 4.68 Å². The van der Waals surface area contributed by atoms with Gasteiger partial charge >= 0.3 is 0 Å². The van der Waals surface area contributed by atoms with E-state index in [0.29, 0.717) is 23.7 Å². The molecule has 1 aromatic carbocycles. The van der Waals surface area contributed by atoms with Gasteiger partial charge in [0.2, 0.25) is 5.91 Å². The molecule has 1 unspecified atom stereocenters. The fraction of sp³-hybridized carbons (Fsp3) is 0.353.